The number of anilines is 1. The van der Waals surface area contributed by atoms with E-state index in [-0.39, 0.29) is 54.2 Å². The Morgan fingerprint density at radius 2 is 1.78 bits per heavy atom. The number of hydrogen-bond donors (Lipinski definition) is 5. The zero-order valence-corrected chi connectivity index (χ0v) is 36.5. The van der Waals surface area contributed by atoms with Crippen molar-refractivity contribution in [3.05, 3.63) is 54.6 Å². The average molecular weight is 964 g/mol. The quantitative estimate of drug-likeness (QED) is 0.0319. The van der Waals surface area contributed by atoms with E-state index < -0.39 is 84.6 Å². The number of phosphoric ester groups is 3. The standard InChI is InChI=1S/C33H44N7O19P3S/c1-33(2,28(44)31(45)36-10-9-23(41)35-11-12-63-24(42)6-4-3-5-19-7-8-20-21(13-19)54-18-53-20)15-56-62(51,52)59-61(49,50)55-14-22-27(58-60(46,47)48)26(43)32(57-22)40-17-39-25-29(34)37-16-38-30(25)40/h3-8,13,16-17,22,26-28,32,43-44H,9-12,14-15,18H2,1-2H3,(H,35,41)(H,36,45)(H,49,50)(H,51,52)(H2,34,37,38)(H2,46,47,48)/p-4/b5-3+,6-4+/t22-,26-,27-,28+,32-/m1/s1. The summed E-state index contributed by atoms with van der Waals surface area (Å²) in [7, 11) is -17.6. The molecule has 63 heavy (non-hydrogen) atoms. The lowest BCUT2D eigenvalue weighted by Gasteiger charge is -2.36. The minimum atomic E-state index is -5.93. The average Bonchev–Trinajstić information content (AvgIpc) is 3.93. The highest BCUT2D eigenvalue weighted by Gasteiger charge is 2.47. The van der Waals surface area contributed by atoms with E-state index in [1.165, 1.54) is 19.9 Å². The van der Waals surface area contributed by atoms with Gasteiger partial charge in [-0.2, -0.15) is 0 Å². The number of carbonyl (C=O) groups is 3. The Morgan fingerprint density at radius 3 is 2.52 bits per heavy atom. The van der Waals surface area contributed by atoms with Gasteiger partial charge in [0, 0.05) is 30.7 Å². The summed E-state index contributed by atoms with van der Waals surface area (Å²) >= 11 is 0.964. The Kier molecular flexibility index (Phi) is 16.8. The minimum Gasteiger partial charge on any atom is -0.790 e. The van der Waals surface area contributed by atoms with Crippen molar-refractivity contribution in [3.63, 3.8) is 0 Å². The molecule has 1 saturated heterocycles. The summed E-state index contributed by atoms with van der Waals surface area (Å²) in [5.74, 6) is -0.0673. The number of benzene rings is 1. The van der Waals surface area contributed by atoms with E-state index in [0.717, 1.165) is 34.5 Å². The number of amides is 2. The molecule has 0 aliphatic carbocycles. The Hall–Kier alpha value is -4.14. The van der Waals surface area contributed by atoms with Crippen LogP contribution in [0.4, 0.5) is 5.82 Å². The number of allylic oxidation sites excluding steroid dienone is 2. The molecule has 2 amide bonds. The van der Waals surface area contributed by atoms with E-state index in [4.69, 9.17) is 19.9 Å². The van der Waals surface area contributed by atoms with Gasteiger partial charge < -0.3 is 78.5 Å². The second-order valence-electron chi connectivity index (χ2n) is 14.0. The predicted molar refractivity (Wildman–Crippen MR) is 209 cm³/mol. The van der Waals surface area contributed by atoms with Crippen LogP contribution in [0.15, 0.2) is 49.1 Å². The van der Waals surface area contributed by atoms with Crippen LogP contribution in [0.5, 0.6) is 11.5 Å². The van der Waals surface area contributed by atoms with Gasteiger partial charge in [-0.25, -0.2) is 19.3 Å². The number of nitrogens with two attached hydrogens (primary N) is 1. The highest BCUT2D eigenvalue weighted by molar-refractivity contribution is 8.14. The molecule has 346 valence electrons. The van der Waals surface area contributed by atoms with Crippen molar-refractivity contribution < 1.29 is 90.0 Å². The van der Waals surface area contributed by atoms with Gasteiger partial charge in [-0.05, 0) is 23.8 Å². The summed E-state index contributed by atoms with van der Waals surface area (Å²) in [6, 6.07) is 5.41. The Morgan fingerprint density at radius 1 is 1.05 bits per heavy atom. The smallest absolute Gasteiger partial charge is 0.274 e. The molecule has 6 N–H and O–H groups in total. The molecule has 0 radical (unpaired) electrons. The predicted octanol–water partition coefficient (Wildman–Crippen LogP) is -1.86. The molecule has 2 aromatic heterocycles. The molecule has 4 heterocycles. The fourth-order valence-electron chi connectivity index (χ4n) is 5.62. The molecule has 0 bridgehead atoms. The van der Waals surface area contributed by atoms with Crippen molar-refractivity contribution in [2.24, 2.45) is 5.41 Å². The van der Waals surface area contributed by atoms with Gasteiger partial charge in [0.2, 0.25) is 23.7 Å². The molecule has 1 fully saturated rings. The highest BCUT2D eigenvalue weighted by Crippen LogP contribution is 2.56. The zero-order valence-electron chi connectivity index (χ0n) is 33.0. The first-order valence-electron chi connectivity index (χ1n) is 18.3. The molecular formula is C33H40N7O19P3S-4. The second kappa shape index (κ2) is 21.2. The number of carbonyl (C=O) groups excluding carboxylic acids is 3. The molecule has 5 rings (SSSR count). The van der Waals surface area contributed by atoms with Gasteiger partial charge in [0.15, 0.2) is 29.2 Å². The zero-order chi connectivity index (χ0) is 46.2. The number of thioether (sulfide) groups is 1. The number of rotatable bonds is 22. The molecule has 2 aliphatic heterocycles. The summed E-state index contributed by atoms with van der Waals surface area (Å²) < 4.78 is 71.2. The third-order valence-electron chi connectivity index (χ3n) is 8.75. The first kappa shape index (κ1) is 49.9. The van der Waals surface area contributed by atoms with Crippen molar-refractivity contribution in [1.29, 1.82) is 0 Å². The van der Waals surface area contributed by atoms with Crippen molar-refractivity contribution in [2.45, 2.75) is 50.9 Å². The van der Waals surface area contributed by atoms with Gasteiger partial charge in [-0.1, -0.05) is 49.9 Å². The molecule has 26 nitrogen and oxygen atoms in total. The second-order valence-corrected chi connectivity index (χ2v) is 19.1. The highest BCUT2D eigenvalue weighted by atomic mass is 32.2. The minimum absolute atomic E-state index is 0.0267. The Balaban J connectivity index is 1.00. The number of nitrogen functional groups attached to an aromatic ring is 1. The number of aromatic nitrogens is 4. The van der Waals surface area contributed by atoms with E-state index in [1.54, 1.807) is 30.4 Å². The maximum Gasteiger partial charge on any atom is 0.274 e. The van der Waals surface area contributed by atoms with Crippen LogP contribution >= 0.6 is 35.2 Å². The summed E-state index contributed by atoms with van der Waals surface area (Å²) in [4.78, 5) is 96.5. The van der Waals surface area contributed by atoms with Crippen LogP contribution in [0.1, 0.15) is 32.1 Å². The molecule has 2 unspecified atom stereocenters. The van der Waals surface area contributed by atoms with Gasteiger partial charge in [-0.15, -0.1) is 0 Å². The SMILES string of the molecule is CC(C)(COP(=O)([O-])OP(=O)([O-])OC[C@H]1O[C@@H](n2cnc3c(N)ncnc32)[C@H](O)[C@@H]1OP(=O)([O-])[O-])[C@@H](O)C(=O)NCCC(=O)NCCSC(=O)/C=C/C=C/c1ccc2c(c1)OCO2. The van der Waals surface area contributed by atoms with Crippen molar-refractivity contribution in [1.82, 2.24) is 30.2 Å². The number of imidazole rings is 1. The molecule has 7 atom stereocenters. The number of nitrogens with zero attached hydrogens (tertiary/aromatic N) is 4. The number of phosphoric acid groups is 3. The van der Waals surface area contributed by atoms with E-state index in [1.807, 2.05) is 6.07 Å². The number of ether oxygens (including phenoxy) is 3. The molecule has 3 aromatic rings. The summed E-state index contributed by atoms with van der Waals surface area (Å²) in [5, 5.41) is 26.0. The number of fused-ring (bicyclic) bond motifs is 2. The largest absolute Gasteiger partial charge is 0.790 e. The van der Waals surface area contributed by atoms with Crippen molar-refractivity contribution in [3.8, 4) is 11.5 Å². The summed E-state index contributed by atoms with van der Waals surface area (Å²) in [6.45, 7) is 0.128. The van der Waals surface area contributed by atoms with E-state index in [9.17, 15) is 57.9 Å². The number of aliphatic hydroxyl groups is 2. The molecular weight excluding hydrogens is 923 g/mol. The third-order valence-corrected chi connectivity index (χ3v) is 12.6. The number of nitrogens with one attached hydrogen (secondary N) is 2. The van der Waals surface area contributed by atoms with E-state index in [2.05, 4.69) is 43.5 Å². The lowest BCUT2D eigenvalue weighted by Crippen LogP contribution is -2.46. The van der Waals surface area contributed by atoms with E-state index >= 15 is 0 Å². The third kappa shape index (κ3) is 14.4. The van der Waals surface area contributed by atoms with Gasteiger partial charge in [0.1, 0.15) is 36.3 Å². The first-order valence-corrected chi connectivity index (χ1v) is 23.6. The van der Waals surface area contributed by atoms with Crippen LogP contribution in [-0.4, -0.2) is 110 Å². The molecule has 30 heteroatoms. The maximum atomic E-state index is 12.6. The summed E-state index contributed by atoms with van der Waals surface area (Å²) in [6.07, 6.45) is -1.28. The van der Waals surface area contributed by atoms with Crippen molar-refractivity contribution >= 4 is 75.2 Å². The van der Waals surface area contributed by atoms with Crippen LogP contribution < -0.4 is 45.4 Å². The van der Waals surface area contributed by atoms with Crippen LogP contribution in [0.2, 0.25) is 0 Å². The monoisotopic (exact) mass is 963 g/mol. The van der Waals surface area contributed by atoms with Gasteiger partial charge in [-0.3, -0.25) is 28.1 Å². The van der Waals surface area contributed by atoms with Gasteiger partial charge in [0.05, 0.1) is 27.4 Å². The number of hydrogen-bond acceptors (Lipinski definition) is 24. The van der Waals surface area contributed by atoms with Crippen LogP contribution in [0, 0.1) is 5.41 Å². The number of aliphatic hydroxyl groups excluding tert-OH is 2. The van der Waals surface area contributed by atoms with Crippen LogP contribution in [0.25, 0.3) is 17.2 Å². The normalized spacial score (nSPS) is 21.4. The van der Waals surface area contributed by atoms with Gasteiger partial charge in [0.25, 0.3) is 15.6 Å². The van der Waals surface area contributed by atoms with Crippen molar-refractivity contribution in [2.75, 3.05) is 44.6 Å². The molecule has 2 aliphatic rings. The lowest BCUT2D eigenvalue weighted by molar-refractivity contribution is -0.347. The molecule has 0 saturated carbocycles. The topological polar surface area (TPSA) is 393 Å². The fraction of sp³-hybridized carbons (Fsp3) is 0.455. The Bertz CT molecular complexity index is 2350. The first-order chi connectivity index (χ1) is 29.5. The maximum absolute atomic E-state index is 12.6. The van der Waals surface area contributed by atoms with Gasteiger partial charge >= 0.3 is 0 Å². The Labute approximate surface area is 361 Å². The van der Waals surface area contributed by atoms with Crippen LogP contribution in [-0.2, 0) is 50.7 Å². The molecule has 1 aromatic carbocycles. The van der Waals surface area contributed by atoms with Crippen LogP contribution in [0.3, 0.4) is 0 Å². The molecule has 0 spiro atoms. The summed E-state index contributed by atoms with van der Waals surface area (Å²) in [5.41, 5.74) is 4.89. The van der Waals surface area contributed by atoms with E-state index in [0.29, 0.717) is 11.5 Å². The fourth-order valence-corrected chi connectivity index (χ4v) is 8.94. The lowest BCUT2D eigenvalue weighted by atomic mass is 9.87.